The summed E-state index contributed by atoms with van der Waals surface area (Å²) in [6, 6.07) is 9.86. The molecule has 0 spiro atoms. The highest BCUT2D eigenvalue weighted by Gasteiger charge is 2.35. The van der Waals surface area contributed by atoms with Crippen molar-refractivity contribution in [2.45, 2.75) is 57.2 Å². The number of hydrogen-bond donors (Lipinski definition) is 0. The first-order valence-electron chi connectivity index (χ1n) is 12.5. The third kappa shape index (κ3) is 3.78. The highest BCUT2D eigenvalue weighted by Crippen LogP contribution is 2.43. The van der Waals surface area contributed by atoms with Crippen molar-refractivity contribution < 1.29 is 9.47 Å². The van der Waals surface area contributed by atoms with Gasteiger partial charge in [0, 0.05) is 44.2 Å². The Morgan fingerprint density at radius 1 is 1.12 bits per heavy atom. The molecule has 3 fully saturated rings. The van der Waals surface area contributed by atoms with Gasteiger partial charge in [0.25, 0.3) is 0 Å². The molecule has 1 aliphatic carbocycles. The Balaban J connectivity index is 1.34. The molecule has 8 heteroatoms. The zero-order valence-electron chi connectivity index (χ0n) is 20.4. The standard InChI is InChI=1S/C26H34N6O2/c1-18-14-30(9-10-31(18)21-15-34-16-21)24-12-25(29-23(28-24)17-33-3)32-22-11-20(26(2)7-4-8-26)6-5-19(22)13-27-32/h5-6,11-13,18,21H,4,7-10,14-17H2,1-3H3/t18-/m1/s1. The lowest BCUT2D eigenvalue weighted by Crippen LogP contribution is -2.60. The number of piperazine rings is 1. The van der Waals surface area contributed by atoms with E-state index in [1.165, 1.54) is 24.8 Å². The monoisotopic (exact) mass is 462 g/mol. The molecule has 2 saturated heterocycles. The predicted molar refractivity (Wildman–Crippen MR) is 132 cm³/mol. The molecule has 34 heavy (non-hydrogen) atoms. The van der Waals surface area contributed by atoms with E-state index in [0.717, 1.165) is 55.4 Å². The van der Waals surface area contributed by atoms with Crippen LogP contribution in [0, 0.1) is 0 Å². The van der Waals surface area contributed by atoms with Crippen LogP contribution in [0.1, 0.15) is 44.5 Å². The maximum absolute atomic E-state index is 5.42. The minimum absolute atomic E-state index is 0.280. The zero-order chi connectivity index (χ0) is 23.3. The predicted octanol–water partition coefficient (Wildman–Crippen LogP) is 3.31. The van der Waals surface area contributed by atoms with Crippen LogP contribution in [-0.2, 0) is 21.5 Å². The molecular weight excluding hydrogens is 428 g/mol. The van der Waals surface area contributed by atoms with Crippen LogP contribution in [0.2, 0.25) is 0 Å². The topological polar surface area (TPSA) is 68.5 Å². The molecule has 8 nitrogen and oxygen atoms in total. The molecule has 0 bridgehead atoms. The summed E-state index contributed by atoms with van der Waals surface area (Å²) in [5, 5.41) is 5.86. The molecule has 180 valence electrons. The van der Waals surface area contributed by atoms with Crippen LogP contribution >= 0.6 is 0 Å². The number of methoxy groups -OCH3 is 1. The van der Waals surface area contributed by atoms with E-state index in [1.807, 2.05) is 10.9 Å². The van der Waals surface area contributed by atoms with Crippen LogP contribution in [0.3, 0.4) is 0 Å². The van der Waals surface area contributed by atoms with Gasteiger partial charge in [-0.3, -0.25) is 4.90 Å². The number of benzene rings is 1. The van der Waals surface area contributed by atoms with Gasteiger partial charge >= 0.3 is 0 Å². The molecule has 2 aliphatic heterocycles. The number of nitrogens with zero attached hydrogens (tertiary/aromatic N) is 6. The van der Waals surface area contributed by atoms with E-state index < -0.39 is 0 Å². The number of ether oxygens (including phenoxy) is 2. The molecule has 1 saturated carbocycles. The average molecular weight is 463 g/mol. The number of fused-ring (bicyclic) bond motifs is 1. The third-order valence-corrected chi connectivity index (χ3v) is 8.05. The summed E-state index contributed by atoms with van der Waals surface area (Å²) >= 11 is 0. The summed E-state index contributed by atoms with van der Waals surface area (Å²) in [6.45, 7) is 9.63. The lowest BCUT2D eigenvalue weighted by atomic mass is 9.66. The molecule has 6 rings (SSSR count). The van der Waals surface area contributed by atoms with Crippen LogP contribution in [-0.4, -0.2) is 76.7 Å². The number of anilines is 1. The van der Waals surface area contributed by atoms with E-state index in [2.05, 4.69) is 47.9 Å². The van der Waals surface area contributed by atoms with Crippen LogP contribution < -0.4 is 4.90 Å². The average Bonchev–Trinajstić information content (AvgIpc) is 3.21. The van der Waals surface area contributed by atoms with Crippen LogP contribution in [0.15, 0.2) is 30.5 Å². The van der Waals surface area contributed by atoms with Gasteiger partial charge in [-0.25, -0.2) is 14.6 Å². The van der Waals surface area contributed by atoms with Gasteiger partial charge in [0.2, 0.25) is 0 Å². The number of rotatable bonds is 6. The molecule has 3 aromatic rings. The van der Waals surface area contributed by atoms with Gasteiger partial charge in [0.15, 0.2) is 11.6 Å². The Hall–Kier alpha value is -2.55. The van der Waals surface area contributed by atoms with Gasteiger partial charge in [0.05, 0.1) is 31.0 Å². The second-order valence-corrected chi connectivity index (χ2v) is 10.4. The minimum Gasteiger partial charge on any atom is -0.378 e. The fourth-order valence-electron chi connectivity index (χ4n) is 5.64. The number of hydrogen-bond acceptors (Lipinski definition) is 7. The summed E-state index contributed by atoms with van der Waals surface area (Å²) in [5.74, 6) is 2.42. The molecule has 1 aromatic carbocycles. The summed E-state index contributed by atoms with van der Waals surface area (Å²) in [4.78, 5) is 14.6. The van der Waals surface area contributed by atoms with E-state index >= 15 is 0 Å². The van der Waals surface area contributed by atoms with Gasteiger partial charge in [-0.1, -0.05) is 25.5 Å². The van der Waals surface area contributed by atoms with Crippen molar-refractivity contribution >= 4 is 16.7 Å². The van der Waals surface area contributed by atoms with Gasteiger partial charge in [-0.15, -0.1) is 0 Å². The summed E-state index contributed by atoms with van der Waals surface area (Å²) in [6.07, 6.45) is 5.74. The maximum atomic E-state index is 5.42. The lowest BCUT2D eigenvalue weighted by molar-refractivity contribution is -0.0793. The van der Waals surface area contributed by atoms with E-state index in [9.17, 15) is 0 Å². The zero-order valence-corrected chi connectivity index (χ0v) is 20.4. The molecule has 0 amide bonds. The van der Waals surface area contributed by atoms with Crippen molar-refractivity contribution in [1.29, 1.82) is 0 Å². The lowest BCUT2D eigenvalue weighted by Gasteiger charge is -2.46. The first-order chi connectivity index (χ1) is 16.5. The minimum atomic E-state index is 0.280. The van der Waals surface area contributed by atoms with Gasteiger partial charge < -0.3 is 14.4 Å². The summed E-state index contributed by atoms with van der Waals surface area (Å²) < 4.78 is 12.8. The van der Waals surface area contributed by atoms with E-state index in [-0.39, 0.29) is 5.41 Å². The Morgan fingerprint density at radius 3 is 2.62 bits per heavy atom. The highest BCUT2D eigenvalue weighted by molar-refractivity contribution is 5.81. The second kappa shape index (κ2) is 8.59. The molecule has 3 aliphatic rings. The van der Waals surface area contributed by atoms with Crippen molar-refractivity contribution in [3.05, 3.63) is 41.9 Å². The molecule has 2 aromatic heterocycles. The van der Waals surface area contributed by atoms with Crippen molar-refractivity contribution in [1.82, 2.24) is 24.6 Å². The summed E-state index contributed by atoms with van der Waals surface area (Å²) in [7, 11) is 1.69. The van der Waals surface area contributed by atoms with Gasteiger partial charge in [0.1, 0.15) is 12.4 Å². The third-order valence-electron chi connectivity index (χ3n) is 8.05. The number of aromatic nitrogens is 4. The first-order valence-corrected chi connectivity index (χ1v) is 12.5. The van der Waals surface area contributed by atoms with E-state index in [1.54, 1.807) is 7.11 Å². The Bertz CT molecular complexity index is 1190. The maximum Gasteiger partial charge on any atom is 0.159 e. The second-order valence-electron chi connectivity index (χ2n) is 10.4. The SMILES string of the molecule is COCc1nc(N2CCN(C3COC3)[C@H](C)C2)cc(-n2ncc3ccc(C4(C)CCC4)cc32)n1. The molecular formula is C26H34N6O2. The molecule has 1 atom stereocenters. The largest absolute Gasteiger partial charge is 0.378 e. The van der Waals surface area contributed by atoms with Gasteiger partial charge in [-0.2, -0.15) is 5.10 Å². The molecule has 0 unspecified atom stereocenters. The fourth-order valence-corrected chi connectivity index (χ4v) is 5.64. The molecule has 4 heterocycles. The normalized spacial score (nSPS) is 23.1. The Kier molecular flexibility index (Phi) is 5.54. The first kappa shape index (κ1) is 21.9. The van der Waals surface area contributed by atoms with Crippen molar-refractivity contribution in [3.63, 3.8) is 0 Å². The van der Waals surface area contributed by atoms with Crippen molar-refractivity contribution in [2.75, 3.05) is 44.9 Å². The van der Waals surface area contributed by atoms with Crippen molar-refractivity contribution in [2.24, 2.45) is 0 Å². The Labute approximate surface area is 200 Å². The van der Waals surface area contributed by atoms with E-state index in [4.69, 9.17) is 24.5 Å². The molecule has 0 radical (unpaired) electrons. The van der Waals surface area contributed by atoms with Gasteiger partial charge in [-0.05, 0) is 36.8 Å². The smallest absolute Gasteiger partial charge is 0.159 e. The Morgan fingerprint density at radius 2 is 1.94 bits per heavy atom. The summed E-state index contributed by atoms with van der Waals surface area (Å²) in [5.41, 5.74) is 2.77. The van der Waals surface area contributed by atoms with E-state index in [0.29, 0.717) is 24.5 Å². The quantitative estimate of drug-likeness (QED) is 0.557. The van der Waals surface area contributed by atoms with Crippen LogP contribution in [0.4, 0.5) is 5.82 Å². The van der Waals surface area contributed by atoms with Crippen LogP contribution in [0.5, 0.6) is 0 Å². The van der Waals surface area contributed by atoms with Crippen LogP contribution in [0.25, 0.3) is 16.7 Å². The molecule has 0 N–H and O–H groups in total. The fraction of sp³-hybridized carbons (Fsp3) is 0.577. The highest BCUT2D eigenvalue weighted by atomic mass is 16.5. The van der Waals surface area contributed by atoms with Crippen molar-refractivity contribution in [3.8, 4) is 5.82 Å².